The van der Waals surface area contributed by atoms with Crippen molar-refractivity contribution in [3.05, 3.63) is 59.9 Å². The van der Waals surface area contributed by atoms with E-state index in [4.69, 9.17) is 0 Å². The highest BCUT2D eigenvalue weighted by Crippen LogP contribution is 2.21. The smallest absolute Gasteiger partial charge is 0.243 e. The number of nitrogens with zero attached hydrogens (tertiary/aromatic N) is 4. The lowest BCUT2D eigenvalue weighted by molar-refractivity contribution is -0.132. The van der Waals surface area contributed by atoms with Gasteiger partial charge in [0, 0.05) is 45.8 Å². The number of hydrogen-bond donors (Lipinski definition) is 0. The second kappa shape index (κ2) is 10.2. The molecule has 178 valence electrons. The van der Waals surface area contributed by atoms with Crippen molar-refractivity contribution < 1.29 is 17.6 Å². The van der Waals surface area contributed by atoms with Crippen molar-refractivity contribution in [1.82, 2.24) is 14.1 Å². The molecule has 0 unspecified atom stereocenters. The summed E-state index contributed by atoms with van der Waals surface area (Å²) in [5.41, 5.74) is 1.59. The Bertz CT molecular complexity index is 1070. The lowest BCUT2D eigenvalue weighted by atomic mass is 10.2. The van der Waals surface area contributed by atoms with Crippen LogP contribution in [0.25, 0.3) is 0 Å². The third kappa shape index (κ3) is 5.54. The molecule has 0 spiro atoms. The van der Waals surface area contributed by atoms with Gasteiger partial charge in [-0.3, -0.25) is 9.69 Å². The molecule has 4 rings (SSSR count). The molecule has 2 aliphatic heterocycles. The van der Waals surface area contributed by atoms with Gasteiger partial charge in [-0.25, -0.2) is 12.8 Å². The van der Waals surface area contributed by atoms with E-state index in [0.29, 0.717) is 69.4 Å². The van der Waals surface area contributed by atoms with Crippen molar-refractivity contribution in [2.45, 2.75) is 18.2 Å². The highest BCUT2D eigenvalue weighted by molar-refractivity contribution is 7.89. The van der Waals surface area contributed by atoms with Gasteiger partial charge in [-0.2, -0.15) is 4.31 Å². The SMILES string of the molecule is Cc1ccc(S(=O)(=O)N2CCCN(CC(=O)N3CCN(c4ccccc4F)CC3)CC2)cc1. The molecule has 0 aliphatic carbocycles. The third-order valence-electron chi connectivity index (χ3n) is 6.39. The second-order valence-corrected chi connectivity index (χ2v) is 10.6. The standard InChI is InChI=1S/C24H31FN4O3S/c1-20-7-9-21(10-8-20)33(31,32)29-12-4-11-26(13-18-29)19-24(30)28-16-14-27(15-17-28)23-6-3-2-5-22(23)25/h2-3,5-10H,4,11-19H2,1H3. The van der Waals surface area contributed by atoms with E-state index in [1.54, 1.807) is 24.3 Å². The summed E-state index contributed by atoms with van der Waals surface area (Å²) in [4.78, 5) is 19.0. The summed E-state index contributed by atoms with van der Waals surface area (Å²) >= 11 is 0. The number of carbonyl (C=O) groups is 1. The van der Waals surface area contributed by atoms with Crippen LogP contribution in [-0.4, -0.2) is 87.3 Å². The average molecular weight is 475 g/mol. The Morgan fingerprint density at radius 1 is 0.879 bits per heavy atom. The Hall–Kier alpha value is -2.49. The molecular weight excluding hydrogens is 443 g/mol. The predicted molar refractivity (Wildman–Crippen MR) is 126 cm³/mol. The maximum Gasteiger partial charge on any atom is 0.243 e. The van der Waals surface area contributed by atoms with Gasteiger partial charge in [0.1, 0.15) is 5.82 Å². The molecule has 7 nitrogen and oxygen atoms in total. The number of carbonyl (C=O) groups excluding carboxylic acids is 1. The van der Waals surface area contributed by atoms with Gasteiger partial charge in [0.05, 0.1) is 17.1 Å². The molecule has 0 radical (unpaired) electrons. The summed E-state index contributed by atoms with van der Waals surface area (Å²) in [5, 5.41) is 0. The van der Waals surface area contributed by atoms with Crippen LogP contribution in [0, 0.1) is 12.7 Å². The van der Waals surface area contributed by atoms with Gasteiger partial charge in [0.25, 0.3) is 0 Å². The van der Waals surface area contributed by atoms with Gasteiger partial charge in [0.2, 0.25) is 15.9 Å². The molecule has 9 heteroatoms. The Balaban J connectivity index is 1.29. The first-order chi connectivity index (χ1) is 15.8. The van der Waals surface area contributed by atoms with Crippen LogP contribution < -0.4 is 4.90 Å². The van der Waals surface area contributed by atoms with E-state index in [2.05, 4.69) is 0 Å². The minimum atomic E-state index is -3.54. The average Bonchev–Trinajstić information content (AvgIpc) is 3.06. The van der Waals surface area contributed by atoms with Crippen LogP contribution in [-0.2, 0) is 14.8 Å². The molecule has 2 aromatic carbocycles. The van der Waals surface area contributed by atoms with Gasteiger partial charge in [-0.1, -0.05) is 29.8 Å². The molecule has 0 N–H and O–H groups in total. The molecule has 2 fully saturated rings. The monoisotopic (exact) mass is 474 g/mol. The van der Waals surface area contributed by atoms with Crippen LogP contribution in [0.1, 0.15) is 12.0 Å². The minimum Gasteiger partial charge on any atom is -0.366 e. The van der Waals surface area contributed by atoms with Crippen molar-refractivity contribution in [3.8, 4) is 0 Å². The normalized spacial score (nSPS) is 18.8. The number of amides is 1. The molecule has 0 atom stereocenters. The number of benzene rings is 2. The van der Waals surface area contributed by atoms with Gasteiger partial charge in [-0.15, -0.1) is 0 Å². The summed E-state index contributed by atoms with van der Waals surface area (Å²) in [6.07, 6.45) is 0.680. The first-order valence-corrected chi connectivity index (χ1v) is 12.8. The summed E-state index contributed by atoms with van der Waals surface area (Å²) in [5.74, 6) is -0.204. The van der Waals surface area contributed by atoms with Crippen molar-refractivity contribution in [2.75, 3.05) is 63.8 Å². The summed E-state index contributed by atoms with van der Waals surface area (Å²) in [6.45, 7) is 6.50. The number of rotatable bonds is 5. The largest absolute Gasteiger partial charge is 0.366 e. The molecule has 0 saturated carbocycles. The number of piperazine rings is 1. The quantitative estimate of drug-likeness (QED) is 0.665. The zero-order valence-corrected chi connectivity index (χ0v) is 19.8. The zero-order valence-electron chi connectivity index (χ0n) is 19.0. The number of hydrogen-bond acceptors (Lipinski definition) is 5. The van der Waals surface area contributed by atoms with E-state index in [0.717, 1.165) is 5.56 Å². The number of aryl methyl sites for hydroxylation is 1. The van der Waals surface area contributed by atoms with E-state index in [9.17, 15) is 17.6 Å². The van der Waals surface area contributed by atoms with E-state index in [-0.39, 0.29) is 18.3 Å². The molecule has 2 heterocycles. The molecule has 1 amide bonds. The van der Waals surface area contributed by atoms with Crippen LogP contribution in [0.15, 0.2) is 53.4 Å². The highest BCUT2D eigenvalue weighted by Gasteiger charge is 2.29. The highest BCUT2D eigenvalue weighted by atomic mass is 32.2. The van der Waals surface area contributed by atoms with Crippen molar-refractivity contribution in [2.24, 2.45) is 0 Å². The van der Waals surface area contributed by atoms with Crippen molar-refractivity contribution in [3.63, 3.8) is 0 Å². The van der Waals surface area contributed by atoms with E-state index < -0.39 is 10.0 Å². The Morgan fingerprint density at radius 2 is 1.58 bits per heavy atom. The number of halogens is 1. The van der Waals surface area contributed by atoms with Crippen LogP contribution >= 0.6 is 0 Å². The van der Waals surface area contributed by atoms with Gasteiger partial charge in [0.15, 0.2) is 0 Å². The number of sulfonamides is 1. The number of para-hydroxylation sites is 1. The van der Waals surface area contributed by atoms with Gasteiger partial charge < -0.3 is 9.80 Å². The Kier molecular flexibility index (Phi) is 7.31. The van der Waals surface area contributed by atoms with Crippen molar-refractivity contribution in [1.29, 1.82) is 0 Å². The molecule has 2 aliphatic rings. The maximum absolute atomic E-state index is 14.0. The topological polar surface area (TPSA) is 64.2 Å². The van der Waals surface area contributed by atoms with Crippen LogP contribution in [0.4, 0.5) is 10.1 Å². The molecule has 0 aromatic heterocycles. The molecule has 2 saturated heterocycles. The lowest BCUT2D eigenvalue weighted by Crippen LogP contribution is -2.51. The summed E-state index contributed by atoms with van der Waals surface area (Å²) in [7, 11) is -3.54. The molecular formula is C24H31FN4O3S. The van der Waals surface area contributed by atoms with Crippen LogP contribution in [0.3, 0.4) is 0 Å². The molecule has 0 bridgehead atoms. The fraction of sp³-hybridized carbons (Fsp3) is 0.458. The first-order valence-electron chi connectivity index (χ1n) is 11.4. The van der Waals surface area contributed by atoms with Crippen LogP contribution in [0.5, 0.6) is 0 Å². The fourth-order valence-electron chi connectivity index (χ4n) is 4.40. The van der Waals surface area contributed by atoms with Gasteiger partial charge in [-0.05, 0) is 44.2 Å². The summed E-state index contributed by atoms with van der Waals surface area (Å²) < 4.78 is 41.6. The Labute approximate surface area is 195 Å². The maximum atomic E-state index is 14.0. The van der Waals surface area contributed by atoms with Crippen molar-refractivity contribution >= 4 is 21.6 Å². The predicted octanol–water partition coefficient (Wildman–Crippen LogP) is 2.18. The molecule has 33 heavy (non-hydrogen) atoms. The first kappa shape index (κ1) is 23.7. The minimum absolute atomic E-state index is 0.0398. The third-order valence-corrected chi connectivity index (χ3v) is 8.30. The molecule has 2 aromatic rings. The summed E-state index contributed by atoms with van der Waals surface area (Å²) in [6, 6.07) is 13.6. The Morgan fingerprint density at radius 3 is 2.27 bits per heavy atom. The zero-order chi connectivity index (χ0) is 23.4. The second-order valence-electron chi connectivity index (χ2n) is 8.67. The van der Waals surface area contributed by atoms with E-state index in [1.807, 2.05) is 39.8 Å². The fourth-order valence-corrected chi connectivity index (χ4v) is 5.87. The van der Waals surface area contributed by atoms with E-state index >= 15 is 0 Å². The number of anilines is 1. The van der Waals surface area contributed by atoms with E-state index in [1.165, 1.54) is 10.4 Å². The van der Waals surface area contributed by atoms with Crippen LogP contribution in [0.2, 0.25) is 0 Å². The van der Waals surface area contributed by atoms with Gasteiger partial charge >= 0.3 is 0 Å². The lowest BCUT2D eigenvalue weighted by Gasteiger charge is -2.37.